The number of nitrogens with zero attached hydrogens (tertiary/aromatic N) is 2. The van der Waals surface area contributed by atoms with E-state index >= 15 is 0 Å². The number of benzene rings is 1. The summed E-state index contributed by atoms with van der Waals surface area (Å²) in [5.74, 6) is -0.0947. The molecule has 2 aromatic rings. The first-order valence-electron chi connectivity index (χ1n) is 7.61. The molecule has 7 heteroatoms. The molecule has 1 aromatic heterocycles. The Morgan fingerprint density at radius 2 is 2.17 bits per heavy atom. The number of hydrogen-bond donors (Lipinski definition) is 1. The minimum absolute atomic E-state index is 0.00899. The van der Waals surface area contributed by atoms with Crippen LogP contribution in [0.1, 0.15) is 22.6 Å². The maximum atomic E-state index is 13.0. The maximum Gasteiger partial charge on any atom is 0.243 e. The molecule has 0 spiro atoms. The van der Waals surface area contributed by atoms with Crippen molar-refractivity contribution in [2.24, 2.45) is 5.92 Å². The lowest BCUT2D eigenvalue weighted by Crippen LogP contribution is -2.30. The summed E-state index contributed by atoms with van der Waals surface area (Å²) >= 11 is 1.57. The largest absolute Gasteiger partial charge is 0.396 e. The summed E-state index contributed by atoms with van der Waals surface area (Å²) in [6.45, 7) is 2.32. The first-order chi connectivity index (χ1) is 11.5. The Balaban J connectivity index is 1.92. The molecule has 0 bridgehead atoms. The molecule has 1 N–H and O–H groups in total. The number of aliphatic hydroxyl groups is 1. The fraction of sp³-hybridized carbons (Fsp3) is 0.353. The van der Waals surface area contributed by atoms with E-state index in [9.17, 15) is 13.5 Å². The molecule has 1 aliphatic heterocycles. The van der Waals surface area contributed by atoms with Crippen molar-refractivity contribution in [2.75, 3.05) is 19.7 Å². The lowest BCUT2D eigenvalue weighted by atomic mass is 9.92. The second kappa shape index (κ2) is 6.65. The van der Waals surface area contributed by atoms with Gasteiger partial charge in [-0.1, -0.05) is 0 Å². The molecular weight excluding hydrogens is 344 g/mol. The first kappa shape index (κ1) is 17.1. The third-order valence-electron chi connectivity index (χ3n) is 4.54. The van der Waals surface area contributed by atoms with E-state index in [1.165, 1.54) is 16.4 Å². The Bertz CT molecular complexity index is 870. The standard InChI is InChI=1S/C17H18N2O3S2/c1-12-6-13(7-18)2-3-17(12)24(21,22)19-8-15(10-20)16(9-19)14-4-5-23-11-14/h2-6,11,15-16,20H,8-10H2,1H3/t15-,16-/m1/s1. The summed E-state index contributed by atoms with van der Waals surface area (Å²) in [5.41, 5.74) is 2.08. The fourth-order valence-electron chi connectivity index (χ4n) is 3.22. The van der Waals surface area contributed by atoms with E-state index in [0.717, 1.165) is 5.56 Å². The average Bonchev–Trinajstić information content (AvgIpc) is 3.23. The average molecular weight is 362 g/mol. The highest BCUT2D eigenvalue weighted by Crippen LogP contribution is 2.36. The Labute approximate surface area is 145 Å². The van der Waals surface area contributed by atoms with E-state index in [4.69, 9.17) is 5.26 Å². The van der Waals surface area contributed by atoms with Gasteiger partial charge in [-0.05, 0) is 53.1 Å². The molecule has 2 atom stereocenters. The molecule has 2 heterocycles. The molecule has 1 aliphatic rings. The van der Waals surface area contributed by atoms with Gasteiger partial charge in [-0.25, -0.2) is 8.42 Å². The van der Waals surface area contributed by atoms with E-state index in [1.54, 1.807) is 24.3 Å². The van der Waals surface area contributed by atoms with E-state index < -0.39 is 10.0 Å². The monoisotopic (exact) mass is 362 g/mol. The minimum Gasteiger partial charge on any atom is -0.396 e. The van der Waals surface area contributed by atoms with Gasteiger partial charge in [0, 0.05) is 31.5 Å². The van der Waals surface area contributed by atoms with Gasteiger partial charge in [0.25, 0.3) is 0 Å². The molecule has 24 heavy (non-hydrogen) atoms. The second-order valence-electron chi connectivity index (χ2n) is 6.02. The number of aryl methyl sites for hydroxylation is 1. The Morgan fingerprint density at radius 3 is 2.75 bits per heavy atom. The smallest absolute Gasteiger partial charge is 0.243 e. The molecule has 0 radical (unpaired) electrons. The highest BCUT2D eigenvalue weighted by molar-refractivity contribution is 7.89. The van der Waals surface area contributed by atoms with Crippen molar-refractivity contribution in [3.8, 4) is 6.07 Å². The van der Waals surface area contributed by atoms with Gasteiger partial charge in [0.15, 0.2) is 0 Å². The number of sulfonamides is 1. The Kier molecular flexibility index (Phi) is 4.74. The molecule has 1 fully saturated rings. The third-order valence-corrected chi connectivity index (χ3v) is 7.23. The van der Waals surface area contributed by atoms with E-state index in [0.29, 0.717) is 24.2 Å². The lowest BCUT2D eigenvalue weighted by molar-refractivity contribution is 0.223. The van der Waals surface area contributed by atoms with Crippen LogP contribution < -0.4 is 0 Å². The third kappa shape index (κ3) is 2.98. The van der Waals surface area contributed by atoms with Gasteiger partial charge in [-0.3, -0.25) is 0 Å². The molecule has 126 valence electrons. The highest BCUT2D eigenvalue weighted by Gasteiger charge is 2.40. The molecule has 1 aromatic carbocycles. The van der Waals surface area contributed by atoms with Crippen LogP contribution in [0.15, 0.2) is 39.9 Å². The molecule has 1 saturated heterocycles. The molecule has 3 rings (SSSR count). The quantitative estimate of drug-likeness (QED) is 0.905. The number of rotatable bonds is 4. The topological polar surface area (TPSA) is 81.4 Å². The summed E-state index contributed by atoms with van der Waals surface area (Å²) in [4.78, 5) is 0.226. The van der Waals surface area contributed by atoms with E-state index in [1.807, 2.05) is 22.9 Å². The van der Waals surface area contributed by atoms with Crippen molar-refractivity contribution in [1.82, 2.24) is 4.31 Å². The zero-order valence-electron chi connectivity index (χ0n) is 13.2. The van der Waals surface area contributed by atoms with E-state index in [2.05, 4.69) is 0 Å². The van der Waals surface area contributed by atoms with Crippen molar-refractivity contribution >= 4 is 21.4 Å². The van der Waals surface area contributed by atoms with Gasteiger partial charge >= 0.3 is 0 Å². The lowest BCUT2D eigenvalue weighted by Gasteiger charge is -2.18. The SMILES string of the molecule is Cc1cc(C#N)ccc1S(=O)(=O)N1C[C@H](CO)[C@@H](c2ccsc2)C1. The normalized spacial score (nSPS) is 21.7. The Hall–Kier alpha value is -1.72. The van der Waals surface area contributed by atoms with Gasteiger partial charge in [-0.15, -0.1) is 0 Å². The Morgan fingerprint density at radius 1 is 1.38 bits per heavy atom. The molecular formula is C17H18N2O3S2. The number of nitriles is 1. The fourth-order valence-corrected chi connectivity index (χ4v) is 5.68. The maximum absolute atomic E-state index is 13.0. The van der Waals surface area contributed by atoms with Gasteiger partial charge in [-0.2, -0.15) is 20.9 Å². The van der Waals surface area contributed by atoms with Crippen molar-refractivity contribution in [2.45, 2.75) is 17.7 Å². The summed E-state index contributed by atoms with van der Waals surface area (Å²) in [6, 6.07) is 8.61. The van der Waals surface area contributed by atoms with Crippen LogP contribution in [0.25, 0.3) is 0 Å². The van der Waals surface area contributed by atoms with Crippen LogP contribution in [0, 0.1) is 24.2 Å². The summed E-state index contributed by atoms with van der Waals surface area (Å²) in [7, 11) is -3.65. The van der Waals surface area contributed by atoms with Crippen molar-refractivity contribution in [3.05, 3.63) is 51.7 Å². The highest BCUT2D eigenvalue weighted by atomic mass is 32.2. The van der Waals surface area contributed by atoms with Crippen LogP contribution in [0.2, 0.25) is 0 Å². The van der Waals surface area contributed by atoms with Crippen LogP contribution >= 0.6 is 11.3 Å². The van der Waals surface area contributed by atoms with Crippen molar-refractivity contribution in [3.63, 3.8) is 0 Å². The summed E-state index contributed by atoms with van der Waals surface area (Å²) < 4.78 is 27.4. The summed E-state index contributed by atoms with van der Waals surface area (Å²) in [5, 5.41) is 22.6. The molecule has 0 aliphatic carbocycles. The summed E-state index contributed by atoms with van der Waals surface area (Å²) in [6.07, 6.45) is 0. The predicted octanol–water partition coefficient (Wildman–Crippen LogP) is 2.32. The number of hydrogen-bond acceptors (Lipinski definition) is 5. The molecule has 0 amide bonds. The zero-order chi connectivity index (χ0) is 17.3. The van der Waals surface area contributed by atoms with Crippen LogP contribution in [0.4, 0.5) is 0 Å². The minimum atomic E-state index is -3.65. The second-order valence-corrected chi connectivity index (χ2v) is 8.71. The van der Waals surface area contributed by atoms with Gasteiger partial charge in [0.1, 0.15) is 0 Å². The predicted molar refractivity (Wildman–Crippen MR) is 92.3 cm³/mol. The van der Waals surface area contributed by atoms with E-state index in [-0.39, 0.29) is 23.3 Å². The van der Waals surface area contributed by atoms with Crippen LogP contribution in [0.3, 0.4) is 0 Å². The number of aliphatic hydroxyl groups excluding tert-OH is 1. The van der Waals surface area contributed by atoms with Crippen LogP contribution in [-0.4, -0.2) is 37.5 Å². The molecule has 0 unspecified atom stereocenters. The van der Waals surface area contributed by atoms with Gasteiger partial charge in [0.2, 0.25) is 10.0 Å². The number of thiophene rings is 1. The molecule has 5 nitrogen and oxygen atoms in total. The van der Waals surface area contributed by atoms with Crippen molar-refractivity contribution in [1.29, 1.82) is 5.26 Å². The zero-order valence-corrected chi connectivity index (χ0v) is 14.8. The van der Waals surface area contributed by atoms with Crippen LogP contribution in [-0.2, 0) is 10.0 Å². The van der Waals surface area contributed by atoms with Gasteiger partial charge < -0.3 is 5.11 Å². The van der Waals surface area contributed by atoms with Crippen molar-refractivity contribution < 1.29 is 13.5 Å². The van der Waals surface area contributed by atoms with Crippen LogP contribution in [0.5, 0.6) is 0 Å². The van der Waals surface area contributed by atoms with Gasteiger partial charge in [0.05, 0.1) is 16.5 Å². The first-order valence-corrected chi connectivity index (χ1v) is 9.99. The molecule has 0 saturated carbocycles.